The number of aryl methyl sites for hydroxylation is 3. The van der Waals surface area contributed by atoms with Crippen LogP contribution < -0.4 is 11.1 Å². The second-order valence-corrected chi connectivity index (χ2v) is 5.54. The van der Waals surface area contributed by atoms with Crippen LogP contribution in [0.3, 0.4) is 0 Å². The molecule has 2 rings (SSSR count). The average molecular weight is 232 g/mol. The second-order valence-electron chi connectivity index (χ2n) is 5.54. The molecule has 1 aromatic rings. The molecule has 0 spiro atoms. The van der Waals surface area contributed by atoms with Gasteiger partial charge in [0, 0.05) is 17.8 Å². The van der Waals surface area contributed by atoms with Crippen LogP contribution in [0.2, 0.25) is 0 Å². The van der Waals surface area contributed by atoms with Gasteiger partial charge in [-0.3, -0.25) is 0 Å². The van der Waals surface area contributed by atoms with Gasteiger partial charge in [0.25, 0.3) is 0 Å². The normalized spacial score (nSPS) is 24.7. The summed E-state index contributed by atoms with van der Waals surface area (Å²) in [5.41, 5.74) is 11.4. The van der Waals surface area contributed by atoms with Crippen molar-refractivity contribution in [2.75, 3.05) is 5.32 Å². The molecule has 1 aliphatic rings. The van der Waals surface area contributed by atoms with E-state index in [9.17, 15) is 0 Å². The van der Waals surface area contributed by atoms with Crippen molar-refractivity contribution in [3.05, 3.63) is 28.8 Å². The SMILES string of the molecule is Cc1cc(C)c(NC2CCCC(N)C2)c(C)c1. The number of anilines is 1. The molecule has 2 atom stereocenters. The lowest BCUT2D eigenvalue weighted by Gasteiger charge is -2.29. The Morgan fingerprint density at radius 2 is 1.76 bits per heavy atom. The highest BCUT2D eigenvalue weighted by Gasteiger charge is 2.19. The van der Waals surface area contributed by atoms with E-state index in [0.29, 0.717) is 12.1 Å². The molecule has 0 saturated heterocycles. The summed E-state index contributed by atoms with van der Waals surface area (Å²) in [6, 6.07) is 5.43. The van der Waals surface area contributed by atoms with Gasteiger partial charge in [0.2, 0.25) is 0 Å². The molecule has 1 aliphatic carbocycles. The Morgan fingerprint density at radius 3 is 2.35 bits per heavy atom. The number of nitrogens with one attached hydrogen (secondary N) is 1. The Balaban J connectivity index is 2.12. The Kier molecular flexibility index (Phi) is 3.72. The third-order valence-electron chi connectivity index (χ3n) is 3.74. The van der Waals surface area contributed by atoms with E-state index >= 15 is 0 Å². The van der Waals surface area contributed by atoms with Gasteiger partial charge in [-0.25, -0.2) is 0 Å². The van der Waals surface area contributed by atoms with Gasteiger partial charge in [-0.15, -0.1) is 0 Å². The zero-order chi connectivity index (χ0) is 12.4. The molecular weight excluding hydrogens is 208 g/mol. The quantitative estimate of drug-likeness (QED) is 0.821. The summed E-state index contributed by atoms with van der Waals surface area (Å²) in [6.07, 6.45) is 4.79. The minimum atomic E-state index is 0.382. The molecule has 17 heavy (non-hydrogen) atoms. The minimum Gasteiger partial charge on any atom is -0.382 e. The molecule has 1 aromatic carbocycles. The van der Waals surface area contributed by atoms with Gasteiger partial charge in [-0.05, 0) is 57.6 Å². The molecule has 0 aromatic heterocycles. The van der Waals surface area contributed by atoms with Gasteiger partial charge in [-0.1, -0.05) is 17.7 Å². The summed E-state index contributed by atoms with van der Waals surface area (Å²) in [7, 11) is 0. The summed E-state index contributed by atoms with van der Waals surface area (Å²) in [6.45, 7) is 6.52. The molecule has 94 valence electrons. The van der Waals surface area contributed by atoms with Gasteiger partial charge >= 0.3 is 0 Å². The van der Waals surface area contributed by atoms with Gasteiger partial charge < -0.3 is 11.1 Å². The highest BCUT2D eigenvalue weighted by Crippen LogP contribution is 2.26. The zero-order valence-electron chi connectivity index (χ0n) is 11.2. The molecule has 1 fully saturated rings. The molecule has 0 aliphatic heterocycles. The second kappa shape index (κ2) is 5.09. The van der Waals surface area contributed by atoms with E-state index in [1.54, 1.807) is 0 Å². The number of benzene rings is 1. The van der Waals surface area contributed by atoms with Crippen LogP contribution in [0, 0.1) is 20.8 Å². The van der Waals surface area contributed by atoms with E-state index in [-0.39, 0.29) is 0 Å². The van der Waals surface area contributed by atoms with Crippen LogP contribution in [0.25, 0.3) is 0 Å². The summed E-state index contributed by atoms with van der Waals surface area (Å²) in [4.78, 5) is 0. The van der Waals surface area contributed by atoms with E-state index in [1.807, 2.05) is 0 Å². The smallest absolute Gasteiger partial charge is 0.0401 e. The van der Waals surface area contributed by atoms with Crippen LogP contribution in [-0.4, -0.2) is 12.1 Å². The lowest BCUT2D eigenvalue weighted by atomic mass is 9.91. The largest absolute Gasteiger partial charge is 0.382 e. The summed E-state index contributed by atoms with van der Waals surface area (Å²) < 4.78 is 0. The number of rotatable bonds is 2. The lowest BCUT2D eigenvalue weighted by Crippen LogP contribution is -2.35. The Labute approximate surface area is 105 Å². The monoisotopic (exact) mass is 232 g/mol. The van der Waals surface area contributed by atoms with Crippen LogP contribution in [0.15, 0.2) is 12.1 Å². The molecule has 2 heteroatoms. The van der Waals surface area contributed by atoms with E-state index in [2.05, 4.69) is 38.2 Å². The number of nitrogens with two attached hydrogens (primary N) is 1. The molecule has 0 amide bonds. The van der Waals surface area contributed by atoms with Crippen molar-refractivity contribution in [1.29, 1.82) is 0 Å². The van der Waals surface area contributed by atoms with Crippen molar-refractivity contribution in [3.8, 4) is 0 Å². The van der Waals surface area contributed by atoms with E-state index in [1.165, 1.54) is 41.6 Å². The van der Waals surface area contributed by atoms with Crippen LogP contribution in [0.5, 0.6) is 0 Å². The maximum atomic E-state index is 6.04. The van der Waals surface area contributed by atoms with Crippen molar-refractivity contribution in [1.82, 2.24) is 0 Å². The van der Waals surface area contributed by atoms with Crippen LogP contribution >= 0.6 is 0 Å². The molecule has 2 unspecified atom stereocenters. The molecule has 1 saturated carbocycles. The van der Waals surface area contributed by atoms with Gasteiger partial charge in [-0.2, -0.15) is 0 Å². The fraction of sp³-hybridized carbons (Fsp3) is 0.600. The Bertz CT molecular complexity index is 375. The first-order valence-electron chi connectivity index (χ1n) is 6.66. The van der Waals surface area contributed by atoms with Crippen molar-refractivity contribution in [3.63, 3.8) is 0 Å². The van der Waals surface area contributed by atoms with Crippen molar-refractivity contribution < 1.29 is 0 Å². The molecule has 3 N–H and O–H groups in total. The molecule has 2 nitrogen and oxygen atoms in total. The fourth-order valence-electron chi connectivity index (χ4n) is 2.97. The third-order valence-corrected chi connectivity index (χ3v) is 3.74. The minimum absolute atomic E-state index is 0.382. The standard InChI is InChI=1S/C15H24N2/c1-10-7-11(2)15(12(3)8-10)17-14-6-4-5-13(16)9-14/h7-8,13-14,17H,4-6,9,16H2,1-3H3. The zero-order valence-corrected chi connectivity index (χ0v) is 11.2. The number of hydrogen-bond acceptors (Lipinski definition) is 2. The fourth-order valence-corrected chi connectivity index (χ4v) is 2.97. The van der Waals surface area contributed by atoms with Gasteiger partial charge in [0.1, 0.15) is 0 Å². The van der Waals surface area contributed by atoms with Crippen molar-refractivity contribution >= 4 is 5.69 Å². The van der Waals surface area contributed by atoms with Crippen molar-refractivity contribution in [2.24, 2.45) is 5.73 Å². The summed E-state index contributed by atoms with van der Waals surface area (Å²) in [5, 5.41) is 3.70. The maximum absolute atomic E-state index is 6.04. The highest BCUT2D eigenvalue weighted by molar-refractivity contribution is 5.58. The summed E-state index contributed by atoms with van der Waals surface area (Å²) >= 11 is 0. The molecular formula is C15H24N2. The summed E-state index contributed by atoms with van der Waals surface area (Å²) in [5.74, 6) is 0. The highest BCUT2D eigenvalue weighted by atomic mass is 14.9. The molecule has 0 bridgehead atoms. The van der Waals surface area contributed by atoms with Crippen LogP contribution in [-0.2, 0) is 0 Å². The topological polar surface area (TPSA) is 38.0 Å². The predicted molar refractivity (Wildman–Crippen MR) is 74.5 cm³/mol. The third kappa shape index (κ3) is 3.01. The van der Waals surface area contributed by atoms with Crippen LogP contribution in [0.4, 0.5) is 5.69 Å². The first kappa shape index (κ1) is 12.4. The molecule has 0 heterocycles. The first-order valence-corrected chi connectivity index (χ1v) is 6.66. The average Bonchev–Trinajstić information content (AvgIpc) is 2.23. The van der Waals surface area contributed by atoms with Crippen molar-refractivity contribution in [2.45, 2.75) is 58.5 Å². The lowest BCUT2D eigenvalue weighted by molar-refractivity contribution is 0.409. The van der Waals surface area contributed by atoms with Gasteiger partial charge in [0.05, 0.1) is 0 Å². The predicted octanol–water partition coefficient (Wildman–Crippen LogP) is 3.29. The first-order chi connectivity index (χ1) is 8.06. The van der Waals surface area contributed by atoms with Crippen LogP contribution in [0.1, 0.15) is 42.4 Å². The van der Waals surface area contributed by atoms with Gasteiger partial charge in [0.15, 0.2) is 0 Å². The number of hydrogen-bond donors (Lipinski definition) is 2. The van der Waals surface area contributed by atoms with E-state index < -0.39 is 0 Å². The Morgan fingerprint density at radius 1 is 1.12 bits per heavy atom. The van der Waals surface area contributed by atoms with E-state index in [0.717, 1.165) is 6.42 Å². The Hall–Kier alpha value is -1.02. The van der Waals surface area contributed by atoms with E-state index in [4.69, 9.17) is 5.73 Å². The molecule has 0 radical (unpaired) electrons. The maximum Gasteiger partial charge on any atom is 0.0401 e.